The van der Waals surface area contributed by atoms with Gasteiger partial charge < -0.3 is 16.0 Å². The molecule has 3 aromatic rings. The highest BCUT2D eigenvalue weighted by Crippen LogP contribution is 2.35. The predicted molar refractivity (Wildman–Crippen MR) is 120 cm³/mol. The summed E-state index contributed by atoms with van der Waals surface area (Å²) < 4.78 is 0. The number of rotatable bonds is 4. The Balaban J connectivity index is 1.43. The van der Waals surface area contributed by atoms with Gasteiger partial charge in [-0.25, -0.2) is 9.97 Å². The van der Waals surface area contributed by atoms with Crippen LogP contribution in [0.25, 0.3) is 10.2 Å². The molecule has 1 aliphatic heterocycles. The molecule has 4 rings (SSSR count). The van der Waals surface area contributed by atoms with Crippen molar-refractivity contribution in [2.75, 3.05) is 23.3 Å². The number of benzene rings is 1. The van der Waals surface area contributed by atoms with Crippen molar-refractivity contribution < 1.29 is 9.59 Å². The minimum atomic E-state index is -0.465. The van der Waals surface area contributed by atoms with Gasteiger partial charge in [-0.1, -0.05) is 0 Å². The van der Waals surface area contributed by atoms with Crippen molar-refractivity contribution in [3.05, 3.63) is 46.1 Å². The van der Waals surface area contributed by atoms with Crippen LogP contribution >= 0.6 is 11.3 Å². The van der Waals surface area contributed by atoms with E-state index >= 15 is 0 Å². The molecule has 1 aliphatic rings. The van der Waals surface area contributed by atoms with Crippen LogP contribution in [-0.4, -0.2) is 34.9 Å². The van der Waals surface area contributed by atoms with Crippen molar-refractivity contribution in [3.8, 4) is 0 Å². The molecule has 0 radical (unpaired) electrons. The highest BCUT2D eigenvalue weighted by atomic mass is 32.1. The Morgan fingerprint density at radius 3 is 2.57 bits per heavy atom. The van der Waals surface area contributed by atoms with Crippen molar-refractivity contribution >= 4 is 44.9 Å². The fourth-order valence-electron chi connectivity index (χ4n) is 4.02. The standard InChI is InChI=1S/C22H25N5O2S/c1-12-10-16(4-5-17(12)19(23)28)26-21(29)15-6-8-27(9-7-15)20-18-13(2)14(3)30-22(18)25-11-24-20/h4-5,10-11,15H,6-9H2,1-3H3,(H2,23,28)(H,26,29). The second kappa shape index (κ2) is 8.02. The number of nitrogens with one attached hydrogen (secondary N) is 1. The first-order valence-corrected chi connectivity index (χ1v) is 10.8. The maximum Gasteiger partial charge on any atom is 0.248 e. The van der Waals surface area contributed by atoms with Crippen molar-refractivity contribution in [2.24, 2.45) is 11.7 Å². The van der Waals surface area contributed by atoms with E-state index in [0.717, 1.165) is 47.5 Å². The first kappa shape index (κ1) is 20.3. The zero-order chi connectivity index (χ0) is 21.4. The normalized spacial score (nSPS) is 14.8. The van der Waals surface area contributed by atoms with Gasteiger partial charge in [-0.05, 0) is 62.9 Å². The number of anilines is 2. The second-order valence-corrected chi connectivity index (χ2v) is 9.01. The monoisotopic (exact) mass is 423 g/mol. The molecule has 3 heterocycles. The lowest BCUT2D eigenvalue weighted by Gasteiger charge is -2.32. The summed E-state index contributed by atoms with van der Waals surface area (Å²) in [6, 6.07) is 5.16. The summed E-state index contributed by atoms with van der Waals surface area (Å²) in [5.74, 6) is 0.460. The average Bonchev–Trinajstić information content (AvgIpc) is 3.02. The number of nitrogens with two attached hydrogens (primary N) is 1. The lowest BCUT2D eigenvalue weighted by atomic mass is 9.95. The Morgan fingerprint density at radius 2 is 1.90 bits per heavy atom. The van der Waals surface area contributed by atoms with E-state index in [2.05, 4.69) is 34.0 Å². The van der Waals surface area contributed by atoms with Gasteiger partial charge in [-0.3, -0.25) is 9.59 Å². The van der Waals surface area contributed by atoms with E-state index in [0.29, 0.717) is 11.3 Å². The zero-order valence-corrected chi connectivity index (χ0v) is 18.2. The molecule has 8 heteroatoms. The summed E-state index contributed by atoms with van der Waals surface area (Å²) in [5.41, 5.74) is 8.50. The van der Waals surface area contributed by atoms with Crippen LogP contribution in [0.4, 0.5) is 11.5 Å². The molecule has 1 fully saturated rings. The number of carbonyl (C=O) groups excluding carboxylic acids is 2. The third kappa shape index (κ3) is 3.75. The van der Waals surface area contributed by atoms with Gasteiger partial charge in [-0.15, -0.1) is 11.3 Å². The van der Waals surface area contributed by atoms with Crippen LogP contribution in [0.1, 0.15) is 39.2 Å². The summed E-state index contributed by atoms with van der Waals surface area (Å²) >= 11 is 1.70. The maximum absolute atomic E-state index is 12.8. The van der Waals surface area contributed by atoms with E-state index < -0.39 is 5.91 Å². The topological polar surface area (TPSA) is 101 Å². The first-order valence-electron chi connectivity index (χ1n) is 10.0. The van der Waals surface area contributed by atoms with Crippen LogP contribution in [-0.2, 0) is 4.79 Å². The lowest BCUT2D eigenvalue weighted by molar-refractivity contribution is -0.120. The molecule has 1 saturated heterocycles. The van der Waals surface area contributed by atoms with Gasteiger partial charge in [0.1, 0.15) is 17.0 Å². The summed E-state index contributed by atoms with van der Waals surface area (Å²) in [4.78, 5) is 37.7. The van der Waals surface area contributed by atoms with E-state index in [4.69, 9.17) is 5.73 Å². The summed E-state index contributed by atoms with van der Waals surface area (Å²) in [6.45, 7) is 7.59. The van der Waals surface area contributed by atoms with Crippen LogP contribution < -0.4 is 16.0 Å². The molecular weight excluding hydrogens is 398 g/mol. The third-order valence-corrected chi connectivity index (χ3v) is 6.99. The van der Waals surface area contributed by atoms with E-state index in [-0.39, 0.29) is 11.8 Å². The number of fused-ring (bicyclic) bond motifs is 1. The lowest BCUT2D eigenvalue weighted by Crippen LogP contribution is -2.38. The van der Waals surface area contributed by atoms with Crippen molar-refractivity contribution in [2.45, 2.75) is 33.6 Å². The number of aromatic nitrogens is 2. The maximum atomic E-state index is 12.8. The molecular formula is C22H25N5O2S. The highest BCUT2D eigenvalue weighted by Gasteiger charge is 2.27. The van der Waals surface area contributed by atoms with Crippen molar-refractivity contribution in [1.29, 1.82) is 0 Å². The molecule has 3 N–H and O–H groups in total. The van der Waals surface area contributed by atoms with E-state index in [1.807, 2.05) is 6.92 Å². The molecule has 0 spiro atoms. The number of hydrogen-bond donors (Lipinski definition) is 2. The van der Waals surface area contributed by atoms with E-state index in [9.17, 15) is 9.59 Å². The molecule has 0 aliphatic carbocycles. The zero-order valence-electron chi connectivity index (χ0n) is 17.4. The average molecular weight is 424 g/mol. The molecule has 0 saturated carbocycles. The van der Waals surface area contributed by atoms with Gasteiger partial charge in [0.2, 0.25) is 11.8 Å². The van der Waals surface area contributed by atoms with Crippen molar-refractivity contribution in [1.82, 2.24) is 9.97 Å². The van der Waals surface area contributed by atoms with Gasteiger partial charge in [0.15, 0.2) is 0 Å². The number of nitrogens with zero attached hydrogens (tertiary/aromatic N) is 3. The molecule has 7 nitrogen and oxygen atoms in total. The van der Waals surface area contributed by atoms with Crippen LogP contribution in [0, 0.1) is 26.7 Å². The van der Waals surface area contributed by atoms with Gasteiger partial charge in [0, 0.05) is 35.1 Å². The quantitative estimate of drug-likeness (QED) is 0.668. The smallest absolute Gasteiger partial charge is 0.248 e. The van der Waals surface area contributed by atoms with E-state index in [1.165, 1.54) is 10.4 Å². The number of hydrogen-bond acceptors (Lipinski definition) is 6. The summed E-state index contributed by atoms with van der Waals surface area (Å²) in [5, 5.41) is 4.11. The van der Waals surface area contributed by atoms with Crippen LogP contribution in [0.2, 0.25) is 0 Å². The molecule has 0 unspecified atom stereocenters. The Morgan fingerprint density at radius 1 is 1.17 bits per heavy atom. The second-order valence-electron chi connectivity index (χ2n) is 7.81. The molecule has 30 heavy (non-hydrogen) atoms. The minimum Gasteiger partial charge on any atom is -0.366 e. The first-order chi connectivity index (χ1) is 14.3. The molecule has 0 atom stereocenters. The number of thiophene rings is 1. The fourth-order valence-corrected chi connectivity index (χ4v) is 5.01. The molecule has 2 aromatic heterocycles. The van der Waals surface area contributed by atoms with Crippen LogP contribution in [0.15, 0.2) is 24.5 Å². The largest absolute Gasteiger partial charge is 0.366 e. The molecule has 2 amide bonds. The molecule has 1 aromatic carbocycles. The van der Waals surface area contributed by atoms with Crippen LogP contribution in [0.3, 0.4) is 0 Å². The number of amides is 2. The molecule has 156 valence electrons. The fraction of sp³-hybridized carbons (Fsp3) is 0.364. The third-order valence-electron chi connectivity index (χ3n) is 5.87. The Labute approximate surface area is 179 Å². The van der Waals surface area contributed by atoms with Gasteiger partial charge in [0.25, 0.3) is 0 Å². The predicted octanol–water partition coefficient (Wildman–Crippen LogP) is 3.57. The summed E-state index contributed by atoms with van der Waals surface area (Å²) in [7, 11) is 0. The Bertz CT molecular complexity index is 1130. The van der Waals surface area contributed by atoms with Gasteiger partial charge in [0.05, 0.1) is 5.39 Å². The minimum absolute atomic E-state index is 0.0104. The van der Waals surface area contributed by atoms with E-state index in [1.54, 1.807) is 35.9 Å². The Kier molecular flexibility index (Phi) is 5.42. The number of piperidine rings is 1. The van der Waals surface area contributed by atoms with Crippen molar-refractivity contribution in [3.63, 3.8) is 0 Å². The van der Waals surface area contributed by atoms with Crippen LogP contribution in [0.5, 0.6) is 0 Å². The number of primary amides is 1. The number of carbonyl (C=O) groups is 2. The number of aryl methyl sites for hydroxylation is 3. The summed E-state index contributed by atoms with van der Waals surface area (Å²) in [6.07, 6.45) is 3.15. The van der Waals surface area contributed by atoms with Gasteiger partial charge in [-0.2, -0.15) is 0 Å². The van der Waals surface area contributed by atoms with Gasteiger partial charge >= 0.3 is 0 Å². The Hall–Kier alpha value is -3.00. The SMILES string of the molecule is Cc1cc(NC(=O)C2CCN(c3ncnc4sc(C)c(C)c34)CC2)ccc1C(N)=O. The molecule has 0 bridgehead atoms. The highest BCUT2D eigenvalue weighted by molar-refractivity contribution is 7.18.